The third kappa shape index (κ3) is 8.71. The van der Waals surface area contributed by atoms with Crippen molar-refractivity contribution in [3.05, 3.63) is 59.9 Å². The Balaban J connectivity index is 0.00000385. The highest BCUT2D eigenvalue weighted by Crippen LogP contribution is 2.20. The average Bonchev–Trinajstić information content (AvgIpc) is 2.79. The van der Waals surface area contributed by atoms with Crippen LogP contribution in [0.1, 0.15) is 36.5 Å². The maximum absolute atomic E-state index is 13.5. The van der Waals surface area contributed by atoms with E-state index in [4.69, 9.17) is 0 Å². The second-order valence-electron chi connectivity index (χ2n) is 7.81. The van der Waals surface area contributed by atoms with Gasteiger partial charge in [0.1, 0.15) is 11.6 Å². The summed E-state index contributed by atoms with van der Waals surface area (Å²) in [4.78, 5) is 18.9. The molecule has 4 N–H and O–H groups in total. The largest absolute Gasteiger partial charge is 0.508 e. The summed E-state index contributed by atoms with van der Waals surface area (Å²) in [5.41, 5.74) is 1.37. The zero-order valence-corrected chi connectivity index (χ0v) is 21.2. The number of benzene rings is 2. The number of hydrogen-bond acceptors (Lipinski definition) is 4. The second-order valence-corrected chi connectivity index (χ2v) is 7.81. The molecule has 1 aliphatic heterocycles. The molecule has 9 heteroatoms. The quantitative estimate of drug-likeness (QED) is 0.169. The van der Waals surface area contributed by atoms with Crippen molar-refractivity contribution >= 4 is 41.5 Å². The number of piperidine rings is 1. The Labute approximate surface area is 211 Å². The molecule has 33 heavy (non-hydrogen) atoms. The summed E-state index contributed by atoms with van der Waals surface area (Å²) in [6.07, 6.45) is 2.60. The number of hydrogen-bond donors (Lipinski definition) is 4. The van der Waals surface area contributed by atoms with Crippen molar-refractivity contribution < 1.29 is 14.3 Å². The number of carbonyl (C=O) groups is 1. The molecule has 0 radical (unpaired) electrons. The van der Waals surface area contributed by atoms with E-state index in [1.165, 1.54) is 18.2 Å². The fraction of sp³-hybridized carbons (Fsp3) is 0.417. The smallest absolute Gasteiger partial charge is 0.251 e. The number of carbonyl (C=O) groups excluding carboxylic acids is 1. The van der Waals surface area contributed by atoms with Crippen LogP contribution >= 0.6 is 24.0 Å². The summed E-state index contributed by atoms with van der Waals surface area (Å²) in [5, 5.41) is 19.1. The van der Waals surface area contributed by atoms with E-state index in [9.17, 15) is 14.3 Å². The first-order chi connectivity index (χ1) is 15.5. The van der Waals surface area contributed by atoms with Crippen LogP contribution in [-0.2, 0) is 0 Å². The predicted octanol–water partition coefficient (Wildman–Crippen LogP) is 3.49. The summed E-state index contributed by atoms with van der Waals surface area (Å²) < 4.78 is 13.5. The Morgan fingerprint density at radius 2 is 1.91 bits per heavy atom. The average molecular weight is 569 g/mol. The molecule has 0 atom stereocenters. The van der Waals surface area contributed by atoms with Gasteiger partial charge in [-0.2, -0.15) is 0 Å². The van der Waals surface area contributed by atoms with Crippen molar-refractivity contribution in [2.24, 2.45) is 4.99 Å². The molecule has 7 nitrogen and oxygen atoms in total. The molecule has 0 unspecified atom stereocenters. The Hall–Kier alpha value is -2.56. The summed E-state index contributed by atoms with van der Waals surface area (Å²) in [5.74, 6) is 0.434. The van der Waals surface area contributed by atoms with Gasteiger partial charge in [-0.1, -0.05) is 12.1 Å². The Morgan fingerprint density at radius 3 is 2.61 bits per heavy atom. The van der Waals surface area contributed by atoms with Gasteiger partial charge in [-0.05, 0) is 62.6 Å². The molecule has 1 amide bonds. The maximum atomic E-state index is 13.5. The number of rotatable bonds is 8. The van der Waals surface area contributed by atoms with Crippen LogP contribution in [0.25, 0.3) is 0 Å². The molecule has 2 aromatic carbocycles. The molecular weight excluding hydrogens is 536 g/mol. The zero-order chi connectivity index (χ0) is 22.8. The molecule has 1 fully saturated rings. The van der Waals surface area contributed by atoms with Crippen molar-refractivity contribution in [1.29, 1.82) is 0 Å². The van der Waals surface area contributed by atoms with Gasteiger partial charge in [0.2, 0.25) is 0 Å². The summed E-state index contributed by atoms with van der Waals surface area (Å²) in [6.45, 7) is 5.60. The number of guanidine groups is 1. The molecule has 2 aromatic rings. The van der Waals surface area contributed by atoms with Gasteiger partial charge in [-0.25, -0.2) is 4.39 Å². The van der Waals surface area contributed by atoms with Gasteiger partial charge in [0.05, 0.1) is 0 Å². The maximum Gasteiger partial charge on any atom is 0.251 e. The molecule has 0 bridgehead atoms. The fourth-order valence-corrected chi connectivity index (χ4v) is 3.69. The minimum atomic E-state index is -0.208. The summed E-state index contributed by atoms with van der Waals surface area (Å²) in [7, 11) is 0. The number of phenolic OH excluding ortho intramolecular Hbond substituents is 1. The van der Waals surface area contributed by atoms with Crippen molar-refractivity contribution in [2.45, 2.75) is 32.2 Å². The van der Waals surface area contributed by atoms with Crippen LogP contribution in [0.5, 0.6) is 5.75 Å². The number of aromatic hydroxyl groups is 1. The van der Waals surface area contributed by atoms with Gasteiger partial charge in [0, 0.05) is 50.0 Å². The van der Waals surface area contributed by atoms with E-state index >= 15 is 0 Å². The van der Waals surface area contributed by atoms with Crippen molar-refractivity contribution in [3.63, 3.8) is 0 Å². The zero-order valence-electron chi connectivity index (χ0n) is 18.9. The molecule has 0 saturated carbocycles. The highest BCUT2D eigenvalue weighted by Gasteiger charge is 2.20. The third-order valence-electron chi connectivity index (χ3n) is 5.35. The van der Waals surface area contributed by atoms with Crippen LogP contribution in [0, 0.1) is 5.82 Å². The van der Waals surface area contributed by atoms with Crippen LogP contribution in [0.15, 0.2) is 53.5 Å². The number of nitrogens with one attached hydrogen (secondary N) is 3. The lowest BCUT2D eigenvalue weighted by Crippen LogP contribution is -2.48. The van der Waals surface area contributed by atoms with Crippen LogP contribution in [-0.4, -0.2) is 55.7 Å². The molecule has 3 rings (SSSR count). The monoisotopic (exact) mass is 569 g/mol. The van der Waals surface area contributed by atoms with E-state index in [-0.39, 0.29) is 41.5 Å². The molecule has 1 aliphatic rings. The lowest BCUT2D eigenvalue weighted by Gasteiger charge is -2.34. The Morgan fingerprint density at radius 1 is 1.15 bits per heavy atom. The van der Waals surface area contributed by atoms with Gasteiger partial charge in [-0.3, -0.25) is 9.79 Å². The van der Waals surface area contributed by atoms with Gasteiger partial charge in [0.25, 0.3) is 5.91 Å². The topological polar surface area (TPSA) is 89.0 Å². The van der Waals surface area contributed by atoms with Crippen LogP contribution in [0.3, 0.4) is 0 Å². The molecule has 0 aliphatic carbocycles. The lowest BCUT2D eigenvalue weighted by atomic mass is 10.0. The highest BCUT2D eigenvalue weighted by molar-refractivity contribution is 14.0. The van der Waals surface area contributed by atoms with E-state index in [0.29, 0.717) is 31.1 Å². The van der Waals surface area contributed by atoms with E-state index in [0.717, 1.165) is 44.1 Å². The number of aliphatic imine (C=N–C) groups is 1. The first kappa shape index (κ1) is 26.7. The minimum Gasteiger partial charge on any atom is -0.508 e. The van der Waals surface area contributed by atoms with Crippen molar-refractivity contribution in [1.82, 2.24) is 16.0 Å². The molecule has 1 saturated heterocycles. The van der Waals surface area contributed by atoms with Gasteiger partial charge >= 0.3 is 0 Å². The number of phenols is 1. The van der Waals surface area contributed by atoms with E-state index in [2.05, 4.69) is 25.8 Å². The molecular formula is C24H33FIN5O2. The molecule has 1 heterocycles. The highest BCUT2D eigenvalue weighted by atomic mass is 127. The van der Waals surface area contributed by atoms with Crippen molar-refractivity contribution in [2.75, 3.05) is 37.6 Å². The third-order valence-corrected chi connectivity index (χ3v) is 5.35. The molecule has 0 spiro atoms. The first-order valence-electron chi connectivity index (χ1n) is 11.2. The number of halogens is 2. The van der Waals surface area contributed by atoms with Gasteiger partial charge < -0.3 is 26.0 Å². The SMILES string of the molecule is CCNC(=NCCCNC(=O)c1cccc(O)c1)NC1CCN(c2cccc(F)c2)CC1.I. The Kier molecular flexibility index (Phi) is 11.2. The minimum absolute atomic E-state index is 0. The van der Waals surface area contributed by atoms with Gasteiger partial charge in [0.15, 0.2) is 5.96 Å². The lowest BCUT2D eigenvalue weighted by molar-refractivity contribution is 0.0953. The predicted molar refractivity (Wildman–Crippen MR) is 141 cm³/mol. The number of nitrogens with zero attached hydrogens (tertiary/aromatic N) is 2. The van der Waals surface area contributed by atoms with Crippen LogP contribution in [0.2, 0.25) is 0 Å². The standard InChI is InChI=1S/C24H32FN5O2.HI/c1-2-26-24(28-13-5-12-27-23(32)18-6-3-9-22(31)16-18)29-20-10-14-30(15-11-20)21-8-4-7-19(25)17-21;/h3-4,6-9,16-17,20,31H,2,5,10-15H2,1H3,(H,27,32)(H2,26,28,29);1H. The van der Waals surface area contributed by atoms with E-state index in [1.807, 2.05) is 13.0 Å². The molecule has 0 aromatic heterocycles. The van der Waals surface area contributed by atoms with Crippen molar-refractivity contribution in [3.8, 4) is 5.75 Å². The molecule has 180 valence electrons. The summed E-state index contributed by atoms with van der Waals surface area (Å²) in [6, 6.07) is 13.3. The number of anilines is 1. The first-order valence-corrected chi connectivity index (χ1v) is 11.2. The fourth-order valence-electron chi connectivity index (χ4n) is 3.69. The number of amides is 1. The normalized spacial score (nSPS) is 14.4. The second kappa shape index (κ2) is 13.9. The van der Waals surface area contributed by atoms with Gasteiger partial charge in [-0.15, -0.1) is 24.0 Å². The van der Waals surface area contributed by atoms with E-state index in [1.54, 1.807) is 24.3 Å². The van der Waals surface area contributed by atoms with E-state index < -0.39 is 0 Å². The van der Waals surface area contributed by atoms with Crippen LogP contribution in [0.4, 0.5) is 10.1 Å². The Bertz CT molecular complexity index is 919. The summed E-state index contributed by atoms with van der Waals surface area (Å²) >= 11 is 0. The van der Waals surface area contributed by atoms with Crippen LogP contribution < -0.4 is 20.9 Å².